The van der Waals surface area contributed by atoms with Crippen molar-refractivity contribution in [2.24, 2.45) is 0 Å². The second-order valence-corrected chi connectivity index (χ2v) is 26.3. The lowest BCUT2D eigenvalue weighted by Crippen LogP contribution is -2.61. The lowest BCUT2D eigenvalue weighted by atomic mass is 9.33. The van der Waals surface area contributed by atoms with Gasteiger partial charge in [-0.2, -0.15) is 0 Å². The average molecular weight is 994 g/mol. The minimum Gasteiger partial charge on any atom is -0.311 e. The van der Waals surface area contributed by atoms with Gasteiger partial charge in [-0.25, -0.2) is 0 Å². The van der Waals surface area contributed by atoms with Crippen molar-refractivity contribution in [3.05, 3.63) is 216 Å². The van der Waals surface area contributed by atoms with Crippen molar-refractivity contribution < 1.29 is 0 Å². The van der Waals surface area contributed by atoms with E-state index in [1.54, 1.807) is 0 Å². The zero-order chi connectivity index (χ0) is 52.3. The number of nitrogens with zero attached hydrogens (tertiary/aromatic N) is 3. The van der Waals surface area contributed by atoms with Gasteiger partial charge < -0.3 is 14.7 Å². The van der Waals surface area contributed by atoms with Gasteiger partial charge in [0.05, 0.1) is 17.1 Å². The van der Waals surface area contributed by atoms with Gasteiger partial charge in [-0.15, -0.1) is 0 Å². The fourth-order valence-corrected chi connectivity index (χ4v) is 12.5. The van der Waals surface area contributed by atoms with Crippen LogP contribution >= 0.6 is 11.8 Å². The Bertz CT molecular complexity index is 3400. The van der Waals surface area contributed by atoms with E-state index in [9.17, 15) is 0 Å². The van der Waals surface area contributed by atoms with E-state index in [1.165, 1.54) is 116 Å². The Kier molecular flexibility index (Phi) is 11.5. The first kappa shape index (κ1) is 48.7. The predicted molar refractivity (Wildman–Crippen MR) is 325 cm³/mol. The van der Waals surface area contributed by atoms with Crippen molar-refractivity contribution in [3.8, 4) is 22.3 Å². The normalized spacial score (nSPS) is 14.0. The van der Waals surface area contributed by atoms with Crippen LogP contribution in [-0.4, -0.2) is 6.71 Å². The van der Waals surface area contributed by atoms with E-state index >= 15 is 0 Å². The summed E-state index contributed by atoms with van der Waals surface area (Å²) in [6, 6.07) is 74.3. The predicted octanol–water partition coefficient (Wildman–Crippen LogP) is 18.2. The number of rotatable bonds is 5. The molecule has 0 atom stereocenters. The molecule has 3 nitrogen and oxygen atoms in total. The first-order valence-corrected chi connectivity index (χ1v) is 27.7. The Morgan fingerprint density at radius 1 is 0.293 bits per heavy atom. The molecular weight excluding hydrogens is 926 g/mol. The molecule has 0 N–H and O–H groups in total. The number of fused-ring (bicyclic) bond motifs is 6. The van der Waals surface area contributed by atoms with Crippen molar-refractivity contribution in [1.29, 1.82) is 0 Å². The van der Waals surface area contributed by atoms with Gasteiger partial charge in [0.15, 0.2) is 0 Å². The van der Waals surface area contributed by atoms with Crippen LogP contribution in [0.15, 0.2) is 204 Å². The van der Waals surface area contributed by atoms with Gasteiger partial charge in [-0.1, -0.05) is 216 Å². The molecule has 0 spiro atoms. The Labute approximate surface area is 451 Å². The van der Waals surface area contributed by atoms with Gasteiger partial charge in [-0.05, 0) is 155 Å². The van der Waals surface area contributed by atoms with Crippen LogP contribution < -0.4 is 31.1 Å². The molecule has 3 aliphatic heterocycles. The van der Waals surface area contributed by atoms with Gasteiger partial charge in [0.1, 0.15) is 0 Å². The minimum atomic E-state index is -0.0990. The van der Waals surface area contributed by atoms with Crippen molar-refractivity contribution >= 4 is 86.0 Å². The van der Waals surface area contributed by atoms with Gasteiger partial charge in [-0.3, -0.25) is 0 Å². The molecule has 75 heavy (non-hydrogen) atoms. The van der Waals surface area contributed by atoms with Crippen LogP contribution in [0, 0.1) is 0 Å². The highest BCUT2D eigenvalue weighted by Crippen LogP contribution is 2.55. The van der Waals surface area contributed by atoms with E-state index in [-0.39, 0.29) is 28.4 Å². The summed E-state index contributed by atoms with van der Waals surface area (Å²) in [7, 11) is 0. The molecule has 12 rings (SSSR count). The minimum absolute atomic E-state index is 0.0755. The highest BCUT2D eigenvalue weighted by atomic mass is 32.2. The monoisotopic (exact) mass is 994 g/mol. The molecule has 0 aromatic heterocycles. The summed E-state index contributed by atoms with van der Waals surface area (Å²) in [5.41, 5.74) is 24.2. The third-order valence-corrected chi connectivity index (χ3v) is 16.9. The summed E-state index contributed by atoms with van der Waals surface area (Å²) in [5.74, 6) is 0. The Balaban J connectivity index is 1.26. The molecule has 0 saturated heterocycles. The summed E-state index contributed by atoms with van der Waals surface area (Å²) in [4.78, 5) is 10.3. The van der Waals surface area contributed by atoms with Crippen LogP contribution in [0.2, 0.25) is 0 Å². The standard InChI is InChI=1S/C70H68BN3S/c1-67(2,3)49-37-50(68(4,5)6)40-53(39-49)73-60-35-47(45-23-15-13-16-24-45)31-33-56(60)71-57-34-32-48(46-25-17-14-18-26-46)36-61(57)74(54-41-51(69(7,8)9)38-52(42-54)70(10,11)12)63-44-55(43-62(73)66(63)71)72-58-27-19-21-29-64(58)75-65-30-22-20-28-59(65)72/h13-44H,1-12H3. The van der Waals surface area contributed by atoms with E-state index in [4.69, 9.17) is 0 Å². The quantitative estimate of drug-likeness (QED) is 0.159. The smallest absolute Gasteiger partial charge is 0.252 e. The second kappa shape index (κ2) is 17.7. The molecule has 0 bridgehead atoms. The van der Waals surface area contributed by atoms with E-state index < -0.39 is 0 Å². The maximum atomic E-state index is 2.65. The lowest BCUT2D eigenvalue weighted by Gasteiger charge is -2.46. The van der Waals surface area contributed by atoms with Crippen LogP contribution in [0.1, 0.15) is 105 Å². The van der Waals surface area contributed by atoms with E-state index in [2.05, 4.69) is 292 Å². The molecule has 0 unspecified atom stereocenters. The van der Waals surface area contributed by atoms with E-state index in [0.717, 1.165) is 5.69 Å². The van der Waals surface area contributed by atoms with Gasteiger partial charge >= 0.3 is 0 Å². The number of para-hydroxylation sites is 2. The molecule has 0 amide bonds. The first-order chi connectivity index (χ1) is 35.7. The molecular formula is C70H68BN3S. The molecule has 5 heteroatoms. The van der Waals surface area contributed by atoms with Crippen LogP contribution in [0.5, 0.6) is 0 Å². The van der Waals surface area contributed by atoms with Gasteiger partial charge in [0.2, 0.25) is 0 Å². The SMILES string of the molecule is CC(C)(C)c1cc(N2c3cc(-c4ccccc4)ccc3B3c4ccc(-c5ccccc5)cc4N(c4cc(C(C)(C)C)cc(C(C)(C)C)c4)c4cc(N5c6ccccc6Sc6ccccc65)cc2c43)cc(C(C)(C)C)c1. The summed E-state index contributed by atoms with van der Waals surface area (Å²) < 4.78 is 0. The first-order valence-electron chi connectivity index (χ1n) is 26.9. The van der Waals surface area contributed by atoms with Crippen molar-refractivity contribution in [2.75, 3.05) is 14.7 Å². The molecule has 0 saturated carbocycles. The Morgan fingerprint density at radius 2 is 0.627 bits per heavy atom. The maximum absolute atomic E-state index is 2.65. The molecule has 372 valence electrons. The van der Waals surface area contributed by atoms with E-state index in [1.807, 2.05) is 11.8 Å². The van der Waals surface area contributed by atoms with Crippen molar-refractivity contribution in [3.63, 3.8) is 0 Å². The summed E-state index contributed by atoms with van der Waals surface area (Å²) in [5, 5.41) is 0. The van der Waals surface area contributed by atoms with Crippen LogP contribution in [0.25, 0.3) is 22.3 Å². The lowest BCUT2D eigenvalue weighted by molar-refractivity contribution is 0.568. The summed E-state index contributed by atoms with van der Waals surface area (Å²) in [6.45, 7) is 28.2. The highest BCUT2D eigenvalue weighted by molar-refractivity contribution is 7.99. The zero-order valence-electron chi connectivity index (χ0n) is 45.8. The van der Waals surface area contributed by atoms with Crippen LogP contribution in [0.3, 0.4) is 0 Å². The number of hydrogen-bond donors (Lipinski definition) is 0. The zero-order valence-corrected chi connectivity index (χ0v) is 46.6. The molecule has 3 heterocycles. The summed E-state index contributed by atoms with van der Waals surface area (Å²) in [6.07, 6.45) is 0. The second-order valence-electron chi connectivity index (χ2n) is 25.2. The third-order valence-electron chi connectivity index (χ3n) is 15.8. The van der Waals surface area contributed by atoms with Crippen molar-refractivity contribution in [2.45, 2.75) is 115 Å². The average Bonchev–Trinajstić information content (AvgIpc) is 3.39. The van der Waals surface area contributed by atoms with Crippen LogP contribution in [-0.2, 0) is 21.7 Å². The van der Waals surface area contributed by atoms with Crippen molar-refractivity contribution in [1.82, 2.24) is 0 Å². The summed E-state index contributed by atoms with van der Waals surface area (Å²) >= 11 is 1.86. The fourth-order valence-electron chi connectivity index (χ4n) is 11.5. The topological polar surface area (TPSA) is 9.72 Å². The fraction of sp³-hybridized carbons (Fsp3) is 0.229. The van der Waals surface area contributed by atoms with Crippen LogP contribution in [0.4, 0.5) is 51.2 Å². The molecule has 0 radical (unpaired) electrons. The molecule has 3 aliphatic rings. The number of anilines is 9. The van der Waals surface area contributed by atoms with Gasteiger partial charge in [0.25, 0.3) is 6.71 Å². The largest absolute Gasteiger partial charge is 0.311 e. The van der Waals surface area contributed by atoms with E-state index in [0.29, 0.717) is 0 Å². The maximum Gasteiger partial charge on any atom is 0.252 e. The number of hydrogen-bond acceptors (Lipinski definition) is 4. The van der Waals surface area contributed by atoms with Gasteiger partial charge in [0, 0.05) is 43.9 Å². The molecule has 0 aliphatic carbocycles. The Morgan fingerprint density at radius 3 is 1.00 bits per heavy atom. The molecule has 9 aromatic carbocycles. The highest BCUT2D eigenvalue weighted by Gasteiger charge is 2.45. The Hall–Kier alpha value is -7.21. The number of benzene rings is 9. The molecule has 0 fully saturated rings. The molecule has 9 aromatic rings. The third kappa shape index (κ3) is 8.58.